The highest BCUT2D eigenvalue weighted by Gasteiger charge is 2.42. The van der Waals surface area contributed by atoms with E-state index in [1.165, 1.54) is 13.2 Å². The van der Waals surface area contributed by atoms with Crippen molar-refractivity contribution < 1.29 is 64.8 Å². The van der Waals surface area contributed by atoms with Crippen LogP contribution in [0.2, 0.25) is 0 Å². The molecular formula is C25H17F6N3O8. The summed E-state index contributed by atoms with van der Waals surface area (Å²) >= 11 is 0. The van der Waals surface area contributed by atoms with Crippen LogP contribution in [0.1, 0.15) is 31.8 Å². The van der Waals surface area contributed by atoms with Crippen LogP contribution in [-0.2, 0) is 31.4 Å². The molecule has 0 saturated heterocycles. The number of aromatic nitrogens is 2. The summed E-state index contributed by atoms with van der Waals surface area (Å²) in [5.74, 6) is -7.26. The summed E-state index contributed by atoms with van der Waals surface area (Å²) < 4.78 is 93.0. The number of methoxy groups -OCH3 is 1. The van der Waals surface area contributed by atoms with Gasteiger partial charge in [0, 0.05) is 6.07 Å². The number of halogens is 6. The number of alkyl halides is 6. The highest BCUT2D eigenvalue weighted by Crippen LogP contribution is 2.31. The molecule has 3 aromatic rings. The van der Waals surface area contributed by atoms with Crippen molar-refractivity contribution in [3.63, 3.8) is 0 Å². The second-order valence-corrected chi connectivity index (χ2v) is 8.10. The summed E-state index contributed by atoms with van der Waals surface area (Å²) in [5, 5.41) is 18.9. The molecule has 17 heteroatoms. The molecule has 2 atom stereocenters. The van der Waals surface area contributed by atoms with E-state index in [2.05, 4.69) is 10.2 Å². The van der Waals surface area contributed by atoms with Gasteiger partial charge in [0.2, 0.25) is 18.1 Å². The molecule has 1 aromatic heterocycles. The zero-order valence-electron chi connectivity index (χ0n) is 20.9. The molecule has 0 bridgehead atoms. The molecule has 222 valence electrons. The average Bonchev–Trinajstić information content (AvgIpc) is 2.94. The molecule has 0 unspecified atom stereocenters. The van der Waals surface area contributed by atoms with Crippen molar-refractivity contribution >= 4 is 29.6 Å². The summed E-state index contributed by atoms with van der Waals surface area (Å²) in [7, 11) is 1.25. The molecule has 0 fully saturated rings. The number of rotatable bonds is 9. The number of carboxylic acid groups (broad SMARTS) is 1. The fourth-order valence-electron chi connectivity index (χ4n) is 3.20. The van der Waals surface area contributed by atoms with E-state index in [-0.39, 0.29) is 11.7 Å². The third-order valence-electron chi connectivity index (χ3n) is 5.20. The van der Waals surface area contributed by atoms with E-state index in [1.54, 1.807) is 0 Å². The number of carboxylic acids is 1. The van der Waals surface area contributed by atoms with Gasteiger partial charge in [0.1, 0.15) is 0 Å². The number of nitrogens with one attached hydrogen (secondary N) is 1. The monoisotopic (exact) mass is 601 g/mol. The molecule has 0 aliphatic rings. The third-order valence-corrected chi connectivity index (χ3v) is 5.20. The van der Waals surface area contributed by atoms with E-state index < -0.39 is 70.6 Å². The van der Waals surface area contributed by atoms with Crippen molar-refractivity contribution in [1.82, 2.24) is 10.2 Å². The molecule has 0 radical (unpaired) electrons. The quantitative estimate of drug-likeness (QED) is 0.272. The molecule has 3 rings (SSSR count). The van der Waals surface area contributed by atoms with E-state index in [9.17, 15) is 50.6 Å². The third kappa shape index (κ3) is 7.92. The Morgan fingerprint density at radius 1 is 0.762 bits per heavy atom. The van der Waals surface area contributed by atoms with Gasteiger partial charge < -0.3 is 24.6 Å². The number of carbonyl (C=O) groups is 4. The van der Waals surface area contributed by atoms with Crippen molar-refractivity contribution in [2.24, 2.45) is 0 Å². The Kier molecular flexibility index (Phi) is 9.34. The largest absolute Gasteiger partial charge is 0.480 e. The normalized spacial score (nSPS) is 12.9. The zero-order chi connectivity index (χ0) is 31.2. The maximum Gasteiger partial charge on any atom is 0.416 e. The fourth-order valence-corrected chi connectivity index (χ4v) is 3.20. The molecule has 11 nitrogen and oxygen atoms in total. The summed E-state index contributed by atoms with van der Waals surface area (Å²) in [6.07, 6.45) is -15.1. The zero-order valence-corrected chi connectivity index (χ0v) is 20.9. The van der Waals surface area contributed by atoms with Crippen LogP contribution in [0.3, 0.4) is 0 Å². The molecule has 0 spiro atoms. The number of amides is 1. The topological polar surface area (TPSA) is 154 Å². The van der Waals surface area contributed by atoms with Gasteiger partial charge in [-0.05, 0) is 42.5 Å². The Bertz CT molecular complexity index is 1480. The minimum atomic E-state index is -4.88. The van der Waals surface area contributed by atoms with Gasteiger partial charge in [-0.1, -0.05) is 12.1 Å². The molecule has 2 aromatic carbocycles. The smallest absolute Gasteiger partial charge is 0.416 e. The van der Waals surface area contributed by atoms with Crippen LogP contribution < -0.4 is 10.1 Å². The van der Waals surface area contributed by atoms with Crippen LogP contribution in [0, 0.1) is 0 Å². The van der Waals surface area contributed by atoms with E-state index >= 15 is 0 Å². The highest BCUT2D eigenvalue weighted by atomic mass is 19.4. The van der Waals surface area contributed by atoms with Crippen molar-refractivity contribution in [2.45, 2.75) is 24.6 Å². The van der Waals surface area contributed by atoms with Gasteiger partial charge in [0.25, 0.3) is 5.91 Å². The minimum absolute atomic E-state index is 0.000970. The number of hydrogen-bond donors (Lipinski definition) is 2. The number of carbonyl (C=O) groups excluding carboxylic acids is 3. The number of nitrogens with zero attached hydrogens (tertiary/aromatic N) is 2. The maximum atomic E-state index is 13.1. The van der Waals surface area contributed by atoms with Crippen LogP contribution in [0.4, 0.5) is 32.2 Å². The van der Waals surface area contributed by atoms with Gasteiger partial charge in [-0.3, -0.25) is 4.79 Å². The van der Waals surface area contributed by atoms with Gasteiger partial charge in [0.15, 0.2) is 5.82 Å². The molecule has 1 heterocycles. The predicted octanol–water partition coefficient (Wildman–Crippen LogP) is 4.00. The Hall–Kier alpha value is -5.22. The lowest BCUT2D eigenvalue weighted by Crippen LogP contribution is -2.48. The minimum Gasteiger partial charge on any atom is -0.480 e. The van der Waals surface area contributed by atoms with Crippen LogP contribution in [0.5, 0.6) is 5.88 Å². The summed E-state index contributed by atoms with van der Waals surface area (Å²) in [6, 6.07) is 7.68. The average molecular weight is 601 g/mol. The first-order chi connectivity index (χ1) is 19.6. The van der Waals surface area contributed by atoms with Gasteiger partial charge in [-0.2, -0.15) is 26.3 Å². The predicted molar refractivity (Wildman–Crippen MR) is 126 cm³/mol. The first-order valence-electron chi connectivity index (χ1n) is 11.3. The number of esters is 2. The summed E-state index contributed by atoms with van der Waals surface area (Å²) in [4.78, 5) is 50.5. The second kappa shape index (κ2) is 12.5. The number of anilines is 1. The lowest BCUT2D eigenvalue weighted by Gasteiger charge is -2.23. The highest BCUT2D eigenvalue weighted by molar-refractivity contribution is 6.01. The van der Waals surface area contributed by atoms with Gasteiger partial charge in [-0.25, -0.2) is 14.4 Å². The number of hydrogen-bond acceptors (Lipinski definition) is 9. The van der Waals surface area contributed by atoms with E-state index in [0.717, 1.165) is 30.3 Å². The fraction of sp³-hybridized carbons (Fsp3) is 0.200. The lowest BCUT2D eigenvalue weighted by atomic mass is 10.1. The molecule has 2 N–H and O–H groups in total. The molecule has 42 heavy (non-hydrogen) atoms. The van der Waals surface area contributed by atoms with E-state index in [1.807, 2.05) is 5.32 Å². The van der Waals surface area contributed by atoms with Gasteiger partial charge >= 0.3 is 30.3 Å². The molecule has 1 amide bonds. The van der Waals surface area contributed by atoms with Gasteiger partial charge in [0.05, 0.1) is 29.4 Å². The number of ether oxygens (including phenoxy) is 3. The van der Waals surface area contributed by atoms with Crippen molar-refractivity contribution in [1.29, 1.82) is 0 Å². The van der Waals surface area contributed by atoms with Crippen molar-refractivity contribution in [2.75, 3.05) is 12.4 Å². The lowest BCUT2D eigenvalue weighted by molar-refractivity contribution is -0.157. The molecule has 0 aliphatic heterocycles. The van der Waals surface area contributed by atoms with Crippen LogP contribution in [0.15, 0.2) is 60.7 Å². The SMILES string of the molecule is COc1ccc(NC(=O)[C@H](OC(=O)c2cccc(C(F)(F)F)c2)[C@H](OC(=O)c2cccc(C(F)(F)F)c2)C(=O)O)nn1. The Morgan fingerprint density at radius 2 is 1.26 bits per heavy atom. The van der Waals surface area contributed by atoms with Crippen molar-refractivity contribution in [3.8, 4) is 5.88 Å². The van der Waals surface area contributed by atoms with E-state index in [4.69, 9.17) is 14.2 Å². The molecule has 0 saturated carbocycles. The van der Waals surface area contributed by atoms with Crippen LogP contribution in [0.25, 0.3) is 0 Å². The summed E-state index contributed by atoms with van der Waals surface area (Å²) in [5.41, 5.74) is -4.11. The maximum absolute atomic E-state index is 13.1. The van der Waals surface area contributed by atoms with Crippen LogP contribution in [-0.4, -0.2) is 58.4 Å². The number of aliphatic carboxylic acids is 1. The standard InChI is InChI=1S/C25H17F6N3O8/c1-40-17-9-8-16(33-34-17)32-20(35)18(41-22(38)12-4-2-6-14(10-12)24(26,27)28)19(21(36)37)42-23(39)13-5-3-7-15(11-13)25(29,30)31/h2-11,18-19H,1H3,(H,36,37)(H,32,33,35)/t18-,19+/m1/s1. The Labute approximate surface area is 231 Å². The molecule has 0 aliphatic carbocycles. The van der Waals surface area contributed by atoms with Gasteiger partial charge in [-0.15, -0.1) is 10.2 Å². The van der Waals surface area contributed by atoms with E-state index in [0.29, 0.717) is 24.3 Å². The Morgan fingerprint density at radius 3 is 1.67 bits per heavy atom. The molecular weight excluding hydrogens is 584 g/mol. The first-order valence-corrected chi connectivity index (χ1v) is 11.3. The summed E-state index contributed by atoms with van der Waals surface area (Å²) in [6.45, 7) is 0. The first kappa shape index (κ1) is 31.3. The van der Waals surface area contributed by atoms with Crippen LogP contribution >= 0.6 is 0 Å². The van der Waals surface area contributed by atoms with Crippen molar-refractivity contribution in [3.05, 3.63) is 82.9 Å². The number of benzene rings is 2. The second-order valence-electron chi connectivity index (χ2n) is 8.10. The Balaban J connectivity index is 1.96.